The number of carbonyl (C=O) groups excluding carboxylic acids is 2. The molecule has 0 radical (unpaired) electrons. The van der Waals surface area contributed by atoms with E-state index in [4.69, 9.17) is 5.11 Å². The molecule has 0 bridgehead atoms. The topological polar surface area (TPSA) is 91.6 Å². The molecule has 1 amide bonds. The minimum Gasteiger partial charge on any atom is -0.395 e. The molecule has 2 heterocycles. The van der Waals surface area contributed by atoms with Crippen molar-refractivity contribution in [2.45, 2.75) is 32.2 Å². The van der Waals surface area contributed by atoms with Crippen molar-refractivity contribution in [2.75, 3.05) is 33.3 Å². The minimum atomic E-state index is -0.00425. The smallest absolute Gasteiger partial charge is 0.253 e. The zero-order chi connectivity index (χ0) is 21.0. The first-order valence-corrected chi connectivity index (χ1v) is 9.98. The maximum Gasteiger partial charge on any atom is 0.253 e. The highest BCUT2D eigenvalue weighted by Gasteiger charge is 2.28. The molecule has 1 aromatic heterocycles. The fraction of sp³-hybridized carbons (Fsp3) is 0.524. The zero-order valence-corrected chi connectivity index (χ0v) is 17.3. The van der Waals surface area contributed by atoms with Gasteiger partial charge in [0, 0.05) is 43.7 Å². The summed E-state index contributed by atoms with van der Waals surface area (Å²) in [6.07, 6.45) is 1.69. The summed E-state index contributed by atoms with van der Waals surface area (Å²) in [5, 5.41) is 17.8. The van der Waals surface area contributed by atoms with E-state index in [2.05, 4.69) is 10.2 Å². The van der Waals surface area contributed by atoms with E-state index in [0.29, 0.717) is 37.3 Å². The maximum atomic E-state index is 12.8. The summed E-state index contributed by atoms with van der Waals surface area (Å²) in [5.74, 6) is 2.10. The number of piperidine rings is 1. The van der Waals surface area contributed by atoms with Gasteiger partial charge in [0.2, 0.25) is 0 Å². The molecule has 8 nitrogen and oxygen atoms in total. The van der Waals surface area contributed by atoms with Gasteiger partial charge in [-0.3, -0.25) is 14.5 Å². The minimum absolute atomic E-state index is 0.00262. The SMILES string of the molecule is CC(=O)c1ccc(C(=O)N2CCC(c3nnc(CN(C)CCO)n3C)CC2)cc1. The Morgan fingerprint density at radius 2 is 1.76 bits per heavy atom. The number of carbonyl (C=O) groups is 2. The van der Waals surface area contributed by atoms with Crippen LogP contribution in [-0.2, 0) is 13.6 Å². The van der Waals surface area contributed by atoms with Crippen LogP contribution in [0.15, 0.2) is 24.3 Å². The number of likely N-dealkylation sites (N-methyl/N-ethyl adjacent to an activating group) is 1. The third-order valence-corrected chi connectivity index (χ3v) is 5.58. The first-order valence-electron chi connectivity index (χ1n) is 9.98. The number of nitrogens with zero attached hydrogens (tertiary/aromatic N) is 5. The predicted octanol–water partition coefficient (Wildman–Crippen LogP) is 1.46. The lowest BCUT2D eigenvalue weighted by Gasteiger charge is -2.31. The van der Waals surface area contributed by atoms with E-state index in [1.54, 1.807) is 24.3 Å². The van der Waals surface area contributed by atoms with Gasteiger partial charge in [-0.25, -0.2) is 0 Å². The quantitative estimate of drug-likeness (QED) is 0.709. The molecule has 1 aliphatic heterocycles. The van der Waals surface area contributed by atoms with Gasteiger partial charge in [-0.15, -0.1) is 10.2 Å². The van der Waals surface area contributed by atoms with Crippen LogP contribution in [-0.4, -0.2) is 74.7 Å². The molecule has 1 N–H and O–H groups in total. The van der Waals surface area contributed by atoms with Crippen molar-refractivity contribution in [1.82, 2.24) is 24.6 Å². The third-order valence-electron chi connectivity index (χ3n) is 5.58. The molecule has 0 saturated carbocycles. The van der Waals surface area contributed by atoms with Crippen LogP contribution >= 0.6 is 0 Å². The number of benzene rings is 1. The van der Waals surface area contributed by atoms with Gasteiger partial charge >= 0.3 is 0 Å². The molecule has 1 aliphatic rings. The second-order valence-electron chi connectivity index (χ2n) is 7.69. The van der Waals surface area contributed by atoms with E-state index in [9.17, 15) is 9.59 Å². The molecular weight excluding hydrogens is 370 g/mol. The monoisotopic (exact) mass is 399 g/mol. The second-order valence-corrected chi connectivity index (χ2v) is 7.69. The number of rotatable bonds is 7. The Kier molecular flexibility index (Phi) is 6.76. The van der Waals surface area contributed by atoms with Crippen molar-refractivity contribution in [1.29, 1.82) is 0 Å². The van der Waals surface area contributed by atoms with E-state index >= 15 is 0 Å². The van der Waals surface area contributed by atoms with Crippen molar-refractivity contribution >= 4 is 11.7 Å². The lowest BCUT2D eigenvalue weighted by atomic mass is 9.95. The highest BCUT2D eigenvalue weighted by molar-refractivity contribution is 5.97. The summed E-state index contributed by atoms with van der Waals surface area (Å²) in [5.41, 5.74) is 1.23. The van der Waals surface area contributed by atoms with Crippen molar-refractivity contribution in [3.05, 3.63) is 47.0 Å². The molecule has 0 unspecified atom stereocenters. The molecule has 156 valence electrons. The van der Waals surface area contributed by atoms with E-state index in [1.807, 2.05) is 28.5 Å². The van der Waals surface area contributed by atoms with Gasteiger partial charge in [0.05, 0.1) is 13.2 Å². The predicted molar refractivity (Wildman–Crippen MR) is 109 cm³/mol. The van der Waals surface area contributed by atoms with Crippen molar-refractivity contribution in [3.63, 3.8) is 0 Å². The lowest BCUT2D eigenvalue weighted by molar-refractivity contribution is 0.0710. The van der Waals surface area contributed by atoms with Crippen LogP contribution in [0.1, 0.15) is 58.0 Å². The number of hydrogen-bond donors (Lipinski definition) is 1. The molecule has 1 aromatic carbocycles. The van der Waals surface area contributed by atoms with E-state index in [0.717, 1.165) is 24.5 Å². The number of aliphatic hydroxyl groups is 1. The third kappa shape index (κ3) is 4.89. The Morgan fingerprint density at radius 1 is 1.14 bits per heavy atom. The first kappa shape index (κ1) is 21.1. The van der Waals surface area contributed by atoms with Crippen LogP contribution in [0.4, 0.5) is 0 Å². The van der Waals surface area contributed by atoms with Crippen molar-refractivity contribution in [3.8, 4) is 0 Å². The summed E-state index contributed by atoms with van der Waals surface area (Å²) in [6.45, 7) is 4.21. The van der Waals surface area contributed by atoms with E-state index in [-0.39, 0.29) is 24.2 Å². The summed E-state index contributed by atoms with van der Waals surface area (Å²) >= 11 is 0. The molecule has 3 rings (SSSR count). The van der Waals surface area contributed by atoms with Crippen LogP contribution in [0.3, 0.4) is 0 Å². The van der Waals surface area contributed by atoms with Crippen LogP contribution in [0.5, 0.6) is 0 Å². The fourth-order valence-electron chi connectivity index (χ4n) is 3.73. The molecule has 0 aliphatic carbocycles. The van der Waals surface area contributed by atoms with Gasteiger partial charge in [0.1, 0.15) is 11.6 Å². The number of amides is 1. The van der Waals surface area contributed by atoms with E-state index in [1.165, 1.54) is 6.92 Å². The highest BCUT2D eigenvalue weighted by atomic mass is 16.3. The second kappa shape index (κ2) is 9.28. The fourth-order valence-corrected chi connectivity index (χ4v) is 3.73. The Labute approximate surface area is 171 Å². The molecule has 0 spiro atoms. The average Bonchev–Trinajstić information content (AvgIpc) is 3.08. The molecular formula is C21H29N5O3. The number of ketones is 1. The Bertz CT molecular complexity index is 854. The Morgan fingerprint density at radius 3 is 2.34 bits per heavy atom. The normalized spacial score (nSPS) is 15.1. The summed E-state index contributed by atoms with van der Waals surface area (Å²) < 4.78 is 2.04. The molecule has 2 aromatic rings. The maximum absolute atomic E-state index is 12.8. The van der Waals surface area contributed by atoms with Gasteiger partial charge < -0.3 is 14.6 Å². The average molecular weight is 399 g/mol. The van der Waals surface area contributed by atoms with Crippen molar-refractivity contribution < 1.29 is 14.7 Å². The number of aliphatic hydroxyl groups excluding tert-OH is 1. The summed E-state index contributed by atoms with van der Waals surface area (Å²) in [7, 11) is 3.92. The van der Waals surface area contributed by atoms with Gasteiger partial charge in [0.25, 0.3) is 5.91 Å². The van der Waals surface area contributed by atoms with Gasteiger partial charge in [-0.1, -0.05) is 12.1 Å². The number of aromatic nitrogens is 3. The van der Waals surface area contributed by atoms with Crippen molar-refractivity contribution in [2.24, 2.45) is 7.05 Å². The van der Waals surface area contributed by atoms with Gasteiger partial charge in [0.15, 0.2) is 5.78 Å². The highest BCUT2D eigenvalue weighted by Crippen LogP contribution is 2.27. The summed E-state index contributed by atoms with van der Waals surface area (Å²) in [6, 6.07) is 6.86. The molecule has 8 heteroatoms. The molecule has 29 heavy (non-hydrogen) atoms. The standard InChI is InChI=1S/C21H29N5O3/c1-15(28)16-4-6-18(7-5-16)21(29)26-10-8-17(9-11-26)20-23-22-19(25(20)3)14-24(2)12-13-27/h4-7,17,27H,8-14H2,1-3H3. The Hall–Kier alpha value is -2.58. The zero-order valence-electron chi connectivity index (χ0n) is 17.3. The largest absolute Gasteiger partial charge is 0.395 e. The van der Waals surface area contributed by atoms with Crippen LogP contribution in [0, 0.1) is 0 Å². The van der Waals surface area contributed by atoms with Crippen LogP contribution in [0.2, 0.25) is 0 Å². The van der Waals surface area contributed by atoms with Gasteiger partial charge in [-0.2, -0.15) is 0 Å². The molecule has 1 fully saturated rings. The number of likely N-dealkylation sites (tertiary alicyclic amines) is 1. The number of Topliss-reactive ketones (excluding diaryl/α,β-unsaturated/α-hetero) is 1. The van der Waals surface area contributed by atoms with Gasteiger partial charge in [-0.05, 0) is 38.9 Å². The van der Waals surface area contributed by atoms with Crippen LogP contribution < -0.4 is 0 Å². The van der Waals surface area contributed by atoms with Crippen LogP contribution in [0.25, 0.3) is 0 Å². The lowest BCUT2D eigenvalue weighted by Crippen LogP contribution is -2.38. The molecule has 1 saturated heterocycles. The molecule has 0 atom stereocenters. The first-order chi connectivity index (χ1) is 13.9. The Balaban J connectivity index is 1.59. The summed E-state index contributed by atoms with van der Waals surface area (Å²) in [4.78, 5) is 28.0. The van der Waals surface area contributed by atoms with E-state index < -0.39 is 0 Å². The number of hydrogen-bond acceptors (Lipinski definition) is 6.